The van der Waals surface area contributed by atoms with Crippen LogP contribution in [0, 0.1) is 6.92 Å². The predicted molar refractivity (Wildman–Crippen MR) is 75.3 cm³/mol. The first-order valence-corrected chi connectivity index (χ1v) is 6.62. The fourth-order valence-corrected chi connectivity index (χ4v) is 2.26. The zero-order valence-corrected chi connectivity index (χ0v) is 11.8. The fourth-order valence-electron chi connectivity index (χ4n) is 1.54. The van der Waals surface area contributed by atoms with Crippen molar-refractivity contribution in [3.8, 4) is 0 Å². The number of anilines is 2. The summed E-state index contributed by atoms with van der Waals surface area (Å²) >= 11 is 1.09. The Labute approximate surface area is 115 Å². The van der Waals surface area contributed by atoms with Gasteiger partial charge in [0.15, 0.2) is 0 Å². The number of nitrogen functional groups attached to an aromatic ring is 1. The number of nitrogens with zero attached hydrogens (tertiary/aromatic N) is 3. The van der Waals surface area contributed by atoms with Crippen molar-refractivity contribution in [1.82, 2.24) is 14.6 Å². The van der Waals surface area contributed by atoms with Crippen LogP contribution in [0.15, 0.2) is 12.3 Å². The number of aryl methyl sites for hydroxylation is 1. The van der Waals surface area contributed by atoms with Crippen molar-refractivity contribution in [2.75, 3.05) is 11.1 Å². The molecule has 2 heterocycles. The lowest BCUT2D eigenvalue weighted by molar-refractivity contribution is 0.102. The van der Waals surface area contributed by atoms with Crippen molar-refractivity contribution in [3.05, 3.63) is 28.4 Å². The molecule has 19 heavy (non-hydrogen) atoms. The van der Waals surface area contributed by atoms with E-state index in [9.17, 15) is 4.79 Å². The second kappa shape index (κ2) is 5.31. The molecule has 0 radical (unpaired) electrons. The highest BCUT2D eigenvalue weighted by molar-refractivity contribution is 7.08. The number of rotatable bonds is 3. The maximum Gasteiger partial charge on any atom is 0.270 e. The van der Waals surface area contributed by atoms with Crippen LogP contribution in [0.3, 0.4) is 0 Å². The number of hydrogen-bond donors (Lipinski definition) is 2. The zero-order valence-electron chi connectivity index (χ0n) is 11.0. The number of hydrogen-bond acceptors (Lipinski definition) is 6. The average molecular weight is 277 g/mol. The Morgan fingerprint density at radius 3 is 2.84 bits per heavy atom. The molecule has 0 unspecified atom stereocenters. The highest BCUT2D eigenvalue weighted by Gasteiger charge is 2.19. The number of amides is 1. The zero-order chi connectivity index (χ0) is 14.0. The molecule has 0 aliphatic carbocycles. The van der Waals surface area contributed by atoms with Crippen LogP contribution in [-0.2, 0) is 0 Å². The molecule has 6 nitrogen and oxygen atoms in total. The van der Waals surface area contributed by atoms with E-state index in [1.165, 1.54) is 6.20 Å². The lowest BCUT2D eigenvalue weighted by Crippen LogP contribution is -2.14. The van der Waals surface area contributed by atoms with Gasteiger partial charge in [-0.25, -0.2) is 4.98 Å². The average Bonchev–Trinajstić information content (AvgIpc) is 2.83. The molecule has 0 saturated carbocycles. The van der Waals surface area contributed by atoms with E-state index in [1.54, 1.807) is 6.07 Å². The van der Waals surface area contributed by atoms with Crippen LogP contribution in [0.4, 0.5) is 11.5 Å². The molecule has 1 amide bonds. The third-order valence-electron chi connectivity index (χ3n) is 2.66. The number of aromatic nitrogens is 3. The van der Waals surface area contributed by atoms with Gasteiger partial charge in [-0.3, -0.25) is 4.79 Å². The standard InChI is InChI=1S/C12H15N5OS/c1-6(2)10-11(19-17-16-10)12(18)15-9-4-7(3)8(13)5-14-9/h4-6H,13H2,1-3H3,(H,14,15,18). The van der Waals surface area contributed by atoms with E-state index in [0.29, 0.717) is 22.1 Å². The molecule has 0 spiro atoms. The topological polar surface area (TPSA) is 93.8 Å². The van der Waals surface area contributed by atoms with E-state index in [0.717, 1.165) is 17.1 Å². The molecule has 0 aliphatic heterocycles. The molecule has 0 bridgehead atoms. The Bertz CT molecular complexity index is 608. The maximum atomic E-state index is 12.1. The van der Waals surface area contributed by atoms with E-state index in [2.05, 4.69) is 19.9 Å². The van der Waals surface area contributed by atoms with Gasteiger partial charge in [-0.05, 0) is 36.0 Å². The van der Waals surface area contributed by atoms with E-state index in [1.807, 2.05) is 20.8 Å². The van der Waals surface area contributed by atoms with Gasteiger partial charge in [-0.2, -0.15) is 0 Å². The number of carbonyl (C=O) groups excluding carboxylic acids is 1. The van der Waals surface area contributed by atoms with Crippen LogP contribution < -0.4 is 11.1 Å². The molecule has 2 aromatic heterocycles. The lowest BCUT2D eigenvalue weighted by atomic mass is 10.1. The lowest BCUT2D eigenvalue weighted by Gasteiger charge is -2.07. The Kier molecular flexibility index (Phi) is 3.75. The summed E-state index contributed by atoms with van der Waals surface area (Å²) in [7, 11) is 0. The Hall–Kier alpha value is -2.02. The molecule has 2 rings (SSSR count). The number of nitrogens with one attached hydrogen (secondary N) is 1. The van der Waals surface area contributed by atoms with Gasteiger partial charge in [-0.15, -0.1) is 5.10 Å². The number of pyridine rings is 1. The summed E-state index contributed by atoms with van der Waals surface area (Å²) in [6, 6.07) is 1.73. The summed E-state index contributed by atoms with van der Waals surface area (Å²) in [6.07, 6.45) is 1.53. The fraction of sp³-hybridized carbons (Fsp3) is 0.333. The first kappa shape index (κ1) is 13.4. The van der Waals surface area contributed by atoms with Crippen molar-refractivity contribution in [2.45, 2.75) is 26.7 Å². The van der Waals surface area contributed by atoms with Gasteiger partial charge < -0.3 is 11.1 Å². The van der Waals surface area contributed by atoms with Gasteiger partial charge in [0.2, 0.25) is 0 Å². The Morgan fingerprint density at radius 1 is 1.47 bits per heavy atom. The molecule has 0 aromatic carbocycles. The summed E-state index contributed by atoms with van der Waals surface area (Å²) in [4.78, 5) is 16.7. The molecular weight excluding hydrogens is 262 g/mol. The quantitative estimate of drug-likeness (QED) is 0.897. The summed E-state index contributed by atoms with van der Waals surface area (Å²) in [5.74, 6) is 0.385. The molecular formula is C12H15N5OS. The summed E-state index contributed by atoms with van der Waals surface area (Å²) < 4.78 is 3.83. The highest BCUT2D eigenvalue weighted by Crippen LogP contribution is 2.21. The molecule has 7 heteroatoms. The third-order valence-corrected chi connectivity index (χ3v) is 3.40. The van der Waals surface area contributed by atoms with E-state index in [4.69, 9.17) is 5.73 Å². The predicted octanol–water partition coefficient (Wildman–Crippen LogP) is 2.20. The van der Waals surface area contributed by atoms with Crippen LogP contribution >= 0.6 is 11.5 Å². The Morgan fingerprint density at radius 2 is 2.21 bits per heavy atom. The van der Waals surface area contributed by atoms with Gasteiger partial charge in [-0.1, -0.05) is 18.3 Å². The van der Waals surface area contributed by atoms with E-state index >= 15 is 0 Å². The summed E-state index contributed by atoms with van der Waals surface area (Å²) in [5.41, 5.74) is 7.86. The van der Waals surface area contributed by atoms with Crippen molar-refractivity contribution in [2.24, 2.45) is 0 Å². The number of carbonyl (C=O) groups is 1. The first-order valence-electron chi connectivity index (χ1n) is 5.84. The van der Waals surface area contributed by atoms with E-state index in [-0.39, 0.29) is 11.8 Å². The minimum absolute atomic E-state index is 0.153. The third kappa shape index (κ3) is 2.87. The van der Waals surface area contributed by atoms with Gasteiger partial charge in [0.25, 0.3) is 5.91 Å². The SMILES string of the molecule is Cc1cc(NC(=O)c2snnc2C(C)C)ncc1N. The van der Waals surface area contributed by atoms with Gasteiger partial charge >= 0.3 is 0 Å². The van der Waals surface area contributed by atoms with Gasteiger partial charge in [0, 0.05) is 0 Å². The van der Waals surface area contributed by atoms with Gasteiger partial charge in [0.1, 0.15) is 10.7 Å². The maximum absolute atomic E-state index is 12.1. The van der Waals surface area contributed by atoms with Crippen LogP contribution in [0.1, 0.15) is 40.7 Å². The molecule has 0 saturated heterocycles. The minimum atomic E-state index is -0.240. The highest BCUT2D eigenvalue weighted by atomic mass is 32.1. The van der Waals surface area contributed by atoms with E-state index < -0.39 is 0 Å². The molecule has 0 fully saturated rings. The second-order valence-electron chi connectivity index (χ2n) is 4.52. The van der Waals surface area contributed by atoms with Crippen LogP contribution in [-0.4, -0.2) is 20.5 Å². The van der Waals surface area contributed by atoms with Crippen LogP contribution in [0.5, 0.6) is 0 Å². The largest absolute Gasteiger partial charge is 0.397 e. The minimum Gasteiger partial charge on any atom is -0.397 e. The van der Waals surface area contributed by atoms with Crippen LogP contribution in [0.25, 0.3) is 0 Å². The van der Waals surface area contributed by atoms with Crippen molar-refractivity contribution < 1.29 is 4.79 Å². The van der Waals surface area contributed by atoms with Crippen molar-refractivity contribution in [3.63, 3.8) is 0 Å². The number of nitrogens with two attached hydrogens (primary N) is 1. The smallest absolute Gasteiger partial charge is 0.270 e. The van der Waals surface area contributed by atoms with Crippen molar-refractivity contribution in [1.29, 1.82) is 0 Å². The van der Waals surface area contributed by atoms with Gasteiger partial charge in [0.05, 0.1) is 17.6 Å². The first-order chi connectivity index (χ1) is 8.99. The molecule has 2 aromatic rings. The molecule has 0 atom stereocenters. The van der Waals surface area contributed by atoms with Crippen LogP contribution in [0.2, 0.25) is 0 Å². The molecule has 100 valence electrons. The summed E-state index contributed by atoms with van der Waals surface area (Å²) in [6.45, 7) is 5.80. The Balaban J connectivity index is 2.21. The second-order valence-corrected chi connectivity index (χ2v) is 5.28. The normalized spacial score (nSPS) is 10.7. The molecule has 3 N–H and O–H groups in total. The summed E-state index contributed by atoms with van der Waals surface area (Å²) in [5, 5.41) is 6.71. The monoisotopic (exact) mass is 277 g/mol. The molecule has 0 aliphatic rings. The van der Waals surface area contributed by atoms with Crippen molar-refractivity contribution >= 4 is 28.9 Å².